The van der Waals surface area contributed by atoms with E-state index < -0.39 is 11.2 Å². The van der Waals surface area contributed by atoms with Crippen LogP contribution in [0.1, 0.15) is 13.8 Å². The van der Waals surface area contributed by atoms with Crippen LogP contribution in [0.5, 0.6) is 0 Å². The molecule has 0 spiro atoms. The highest BCUT2D eigenvalue weighted by Gasteiger charge is 2.26. The van der Waals surface area contributed by atoms with Crippen LogP contribution in [0.25, 0.3) is 11.1 Å². The van der Waals surface area contributed by atoms with Crippen LogP contribution in [0.3, 0.4) is 0 Å². The van der Waals surface area contributed by atoms with Crippen molar-refractivity contribution in [1.82, 2.24) is 4.98 Å². The zero-order valence-corrected chi connectivity index (χ0v) is 10.8. The number of hydrogen-bond donors (Lipinski definition) is 2. The number of carbonyl (C=O) groups is 1. The summed E-state index contributed by atoms with van der Waals surface area (Å²) in [5, 5.41) is 2.75. The Morgan fingerprint density at radius 3 is 2.89 bits per heavy atom. The number of hydrogen-bond acceptors (Lipinski definition) is 3. The molecule has 0 saturated carbocycles. The van der Waals surface area contributed by atoms with Crippen LogP contribution in [0.2, 0.25) is 0 Å². The summed E-state index contributed by atoms with van der Waals surface area (Å²) < 4.78 is 4.87. The second kappa shape index (κ2) is 4.49. The lowest BCUT2D eigenvalue weighted by atomic mass is 9.95. The van der Waals surface area contributed by atoms with Gasteiger partial charge in [-0.1, -0.05) is 0 Å². The number of benzene rings is 1. The Balaban J connectivity index is 2.27. The largest absolute Gasteiger partial charge is 0.417 e. The molecule has 0 fully saturated rings. The number of rotatable bonds is 3. The van der Waals surface area contributed by atoms with Crippen molar-refractivity contribution in [2.75, 3.05) is 11.2 Å². The van der Waals surface area contributed by atoms with Crippen molar-refractivity contribution in [2.24, 2.45) is 5.41 Å². The first kappa shape index (κ1) is 12.7. The fourth-order valence-corrected chi connectivity index (χ4v) is 1.51. The lowest BCUT2D eigenvalue weighted by molar-refractivity contribution is -0.122. The molecular formula is C12H13ClN2O3. The molecule has 2 rings (SSSR count). The van der Waals surface area contributed by atoms with E-state index in [1.165, 1.54) is 0 Å². The molecule has 0 aliphatic carbocycles. The number of alkyl halides is 1. The van der Waals surface area contributed by atoms with E-state index in [0.717, 1.165) is 0 Å². The number of amides is 1. The molecule has 0 aliphatic rings. The lowest BCUT2D eigenvalue weighted by Crippen LogP contribution is -2.32. The molecule has 1 amide bonds. The molecule has 2 N–H and O–H groups in total. The average Bonchev–Trinajstić information content (AvgIpc) is 2.68. The van der Waals surface area contributed by atoms with Crippen LogP contribution in [0, 0.1) is 5.41 Å². The van der Waals surface area contributed by atoms with E-state index in [9.17, 15) is 9.59 Å². The van der Waals surface area contributed by atoms with Gasteiger partial charge in [0.05, 0.1) is 10.9 Å². The third-order valence-electron chi connectivity index (χ3n) is 2.63. The number of aromatic amines is 1. The quantitative estimate of drug-likeness (QED) is 0.839. The zero-order chi connectivity index (χ0) is 13.3. The average molecular weight is 269 g/mol. The van der Waals surface area contributed by atoms with Gasteiger partial charge in [0.2, 0.25) is 5.91 Å². The number of carbonyl (C=O) groups excluding carboxylic acids is 1. The van der Waals surface area contributed by atoms with Crippen LogP contribution >= 0.6 is 11.6 Å². The molecule has 2 aromatic rings. The van der Waals surface area contributed by atoms with E-state index in [1.807, 2.05) is 0 Å². The number of fused-ring (bicyclic) bond motifs is 1. The van der Waals surface area contributed by atoms with E-state index >= 15 is 0 Å². The van der Waals surface area contributed by atoms with Crippen molar-refractivity contribution >= 4 is 34.3 Å². The fraction of sp³-hybridized carbons (Fsp3) is 0.333. The Hall–Kier alpha value is -1.75. The maximum atomic E-state index is 11.9. The van der Waals surface area contributed by atoms with Gasteiger partial charge in [-0.2, -0.15) is 0 Å². The lowest BCUT2D eigenvalue weighted by Gasteiger charge is -2.20. The fourth-order valence-electron chi connectivity index (χ4n) is 1.39. The summed E-state index contributed by atoms with van der Waals surface area (Å²) in [6.07, 6.45) is 0. The standard InChI is InChI=1S/C12H13ClN2O3/c1-12(2,6-13)10(16)14-7-3-4-9-8(5-7)15-11(17)18-9/h3-5H,6H2,1-2H3,(H,14,16)(H,15,17). The van der Waals surface area contributed by atoms with Crippen molar-refractivity contribution in [1.29, 1.82) is 0 Å². The highest BCUT2D eigenvalue weighted by atomic mass is 35.5. The van der Waals surface area contributed by atoms with Crippen LogP contribution < -0.4 is 11.1 Å². The number of nitrogens with one attached hydrogen (secondary N) is 2. The Labute approximate surface area is 108 Å². The molecule has 1 aromatic carbocycles. The molecule has 0 saturated heterocycles. The predicted octanol–water partition coefficient (Wildman–Crippen LogP) is 2.32. The topological polar surface area (TPSA) is 75.1 Å². The Kier molecular flexibility index (Phi) is 3.17. The summed E-state index contributed by atoms with van der Waals surface area (Å²) in [7, 11) is 0. The summed E-state index contributed by atoms with van der Waals surface area (Å²) in [6, 6.07) is 4.93. The van der Waals surface area contributed by atoms with Crippen LogP contribution in [-0.4, -0.2) is 16.8 Å². The van der Waals surface area contributed by atoms with E-state index in [2.05, 4.69) is 10.3 Å². The minimum Gasteiger partial charge on any atom is -0.408 e. The van der Waals surface area contributed by atoms with Gasteiger partial charge in [0.1, 0.15) is 0 Å². The van der Waals surface area contributed by atoms with Gasteiger partial charge in [0.25, 0.3) is 0 Å². The second-order valence-corrected chi connectivity index (χ2v) is 4.96. The normalized spacial score (nSPS) is 11.7. The second-order valence-electron chi connectivity index (χ2n) is 4.70. The van der Waals surface area contributed by atoms with Crippen LogP contribution in [0.15, 0.2) is 27.4 Å². The van der Waals surface area contributed by atoms with Gasteiger partial charge in [0.15, 0.2) is 5.58 Å². The molecule has 0 aliphatic heterocycles. The smallest absolute Gasteiger partial charge is 0.408 e. The molecule has 0 atom stereocenters. The molecule has 96 valence electrons. The van der Waals surface area contributed by atoms with Crippen molar-refractivity contribution in [3.8, 4) is 0 Å². The molecule has 0 bridgehead atoms. The summed E-state index contributed by atoms with van der Waals surface area (Å²) in [5.41, 5.74) is 0.930. The number of anilines is 1. The first-order valence-electron chi connectivity index (χ1n) is 5.43. The van der Waals surface area contributed by atoms with Crippen LogP contribution in [0.4, 0.5) is 5.69 Å². The van der Waals surface area contributed by atoms with Gasteiger partial charge in [-0.05, 0) is 32.0 Å². The van der Waals surface area contributed by atoms with Gasteiger partial charge in [-0.25, -0.2) is 4.79 Å². The number of oxazole rings is 1. The van der Waals surface area contributed by atoms with Crippen molar-refractivity contribution < 1.29 is 9.21 Å². The van der Waals surface area contributed by atoms with Crippen molar-refractivity contribution in [3.63, 3.8) is 0 Å². The Morgan fingerprint density at radius 1 is 1.50 bits per heavy atom. The first-order chi connectivity index (χ1) is 8.42. The van der Waals surface area contributed by atoms with E-state index in [4.69, 9.17) is 16.0 Å². The van der Waals surface area contributed by atoms with Gasteiger partial charge in [0, 0.05) is 11.6 Å². The number of H-pyrrole nitrogens is 1. The predicted molar refractivity (Wildman–Crippen MR) is 70.0 cm³/mol. The summed E-state index contributed by atoms with van der Waals surface area (Å²) in [5.74, 6) is -0.471. The molecule has 6 heteroatoms. The molecule has 5 nitrogen and oxygen atoms in total. The third-order valence-corrected chi connectivity index (χ3v) is 3.29. The summed E-state index contributed by atoms with van der Waals surface area (Å²) >= 11 is 5.73. The van der Waals surface area contributed by atoms with Crippen molar-refractivity contribution in [3.05, 3.63) is 28.7 Å². The summed E-state index contributed by atoms with van der Waals surface area (Å²) in [4.78, 5) is 25.4. The van der Waals surface area contributed by atoms with Gasteiger partial charge >= 0.3 is 5.76 Å². The van der Waals surface area contributed by atoms with Gasteiger partial charge < -0.3 is 9.73 Å². The molecule has 0 radical (unpaired) electrons. The Morgan fingerprint density at radius 2 is 2.22 bits per heavy atom. The zero-order valence-electron chi connectivity index (χ0n) is 10.0. The highest BCUT2D eigenvalue weighted by Crippen LogP contribution is 2.22. The van der Waals surface area contributed by atoms with E-state index in [-0.39, 0.29) is 11.8 Å². The maximum absolute atomic E-state index is 11.9. The minimum absolute atomic E-state index is 0.178. The molecule has 1 aromatic heterocycles. The highest BCUT2D eigenvalue weighted by molar-refractivity contribution is 6.20. The first-order valence-corrected chi connectivity index (χ1v) is 5.96. The SMILES string of the molecule is CC(C)(CCl)C(=O)Nc1ccc2oc(=O)[nH]c2c1. The summed E-state index contributed by atoms with van der Waals surface area (Å²) in [6.45, 7) is 3.52. The monoisotopic (exact) mass is 268 g/mol. The van der Waals surface area contributed by atoms with E-state index in [1.54, 1.807) is 32.0 Å². The Bertz CT molecular complexity index is 642. The third kappa shape index (κ3) is 2.41. The minimum atomic E-state index is -0.652. The molecule has 18 heavy (non-hydrogen) atoms. The van der Waals surface area contributed by atoms with Crippen molar-refractivity contribution in [2.45, 2.75) is 13.8 Å². The number of halogens is 1. The van der Waals surface area contributed by atoms with Crippen LogP contribution in [-0.2, 0) is 4.79 Å². The molecule has 1 heterocycles. The molecular weight excluding hydrogens is 256 g/mol. The number of aromatic nitrogens is 1. The molecule has 0 unspecified atom stereocenters. The van der Waals surface area contributed by atoms with Gasteiger partial charge in [-0.15, -0.1) is 11.6 Å². The van der Waals surface area contributed by atoms with Gasteiger partial charge in [-0.3, -0.25) is 9.78 Å². The van der Waals surface area contributed by atoms with E-state index in [0.29, 0.717) is 16.8 Å². The maximum Gasteiger partial charge on any atom is 0.417 e.